The van der Waals surface area contributed by atoms with Gasteiger partial charge in [0.1, 0.15) is 19.0 Å². The predicted molar refractivity (Wildman–Crippen MR) is 104 cm³/mol. The summed E-state index contributed by atoms with van der Waals surface area (Å²) in [6.45, 7) is 3.33. The number of carbonyl (C=O) groups is 1. The highest BCUT2D eigenvalue weighted by Gasteiger charge is 2.19. The largest absolute Gasteiger partial charge is 0.486 e. The first kappa shape index (κ1) is 18.8. The van der Waals surface area contributed by atoms with Gasteiger partial charge >= 0.3 is 0 Å². The van der Waals surface area contributed by atoms with E-state index in [1.165, 1.54) is 6.07 Å². The standard InChI is InChI=1S/C20H20ClFN2O4/c21-15-9-13(10-18-20(15)28-8-7-27-18)11-19(25)23-14-1-2-17(16(22)12-14)24-3-5-26-6-4-24/h1-2,9-10,12H,3-8,11H2,(H,23,25). The number of halogens is 2. The number of nitrogens with one attached hydrogen (secondary N) is 1. The summed E-state index contributed by atoms with van der Waals surface area (Å²) in [6, 6.07) is 8.12. The minimum absolute atomic E-state index is 0.0865. The van der Waals surface area contributed by atoms with E-state index < -0.39 is 0 Å². The fraction of sp³-hybridized carbons (Fsp3) is 0.350. The van der Waals surface area contributed by atoms with Crippen molar-refractivity contribution in [2.24, 2.45) is 0 Å². The first-order valence-corrected chi connectivity index (χ1v) is 9.48. The zero-order chi connectivity index (χ0) is 19.5. The Morgan fingerprint density at radius 1 is 1.11 bits per heavy atom. The number of rotatable bonds is 4. The number of hydrogen-bond acceptors (Lipinski definition) is 5. The number of anilines is 2. The maximum atomic E-state index is 14.5. The van der Waals surface area contributed by atoms with E-state index in [9.17, 15) is 9.18 Å². The molecule has 148 valence electrons. The van der Waals surface area contributed by atoms with Crippen LogP contribution in [0.4, 0.5) is 15.8 Å². The molecular weight excluding hydrogens is 387 g/mol. The maximum Gasteiger partial charge on any atom is 0.228 e. The average molecular weight is 407 g/mol. The molecule has 0 saturated carbocycles. The smallest absolute Gasteiger partial charge is 0.228 e. The van der Waals surface area contributed by atoms with Crippen LogP contribution >= 0.6 is 11.6 Å². The summed E-state index contributed by atoms with van der Waals surface area (Å²) in [5.74, 6) is 0.383. The van der Waals surface area contributed by atoms with Crippen LogP contribution < -0.4 is 19.7 Å². The highest BCUT2D eigenvalue weighted by molar-refractivity contribution is 6.32. The summed E-state index contributed by atoms with van der Waals surface area (Å²) >= 11 is 6.20. The van der Waals surface area contributed by atoms with Crippen molar-refractivity contribution in [2.45, 2.75) is 6.42 Å². The number of hydrogen-bond donors (Lipinski definition) is 1. The molecule has 1 fully saturated rings. The molecule has 1 N–H and O–H groups in total. The Morgan fingerprint density at radius 2 is 1.89 bits per heavy atom. The van der Waals surface area contributed by atoms with E-state index in [1.807, 2.05) is 4.90 Å². The lowest BCUT2D eigenvalue weighted by Gasteiger charge is -2.29. The molecule has 0 aromatic heterocycles. The van der Waals surface area contributed by atoms with Crippen LogP contribution in [0.3, 0.4) is 0 Å². The molecule has 0 aliphatic carbocycles. The summed E-state index contributed by atoms with van der Waals surface area (Å²) in [7, 11) is 0. The van der Waals surface area contributed by atoms with Gasteiger partial charge in [-0.25, -0.2) is 4.39 Å². The SMILES string of the molecule is O=C(Cc1cc(Cl)c2c(c1)OCCO2)Nc1ccc(N2CCOCC2)c(F)c1. The minimum Gasteiger partial charge on any atom is -0.486 e. The van der Waals surface area contributed by atoms with Crippen molar-refractivity contribution < 1.29 is 23.4 Å². The highest BCUT2D eigenvalue weighted by atomic mass is 35.5. The third-order valence-electron chi connectivity index (χ3n) is 4.60. The molecule has 2 aliphatic rings. The van der Waals surface area contributed by atoms with Gasteiger partial charge in [-0.2, -0.15) is 0 Å². The van der Waals surface area contributed by atoms with Crippen molar-refractivity contribution >= 4 is 28.9 Å². The first-order chi connectivity index (χ1) is 13.6. The van der Waals surface area contributed by atoms with E-state index in [1.54, 1.807) is 24.3 Å². The van der Waals surface area contributed by atoms with Gasteiger partial charge in [-0.1, -0.05) is 11.6 Å². The van der Waals surface area contributed by atoms with Crippen molar-refractivity contribution in [3.05, 3.63) is 46.7 Å². The lowest BCUT2D eigenvalue weighted by molar-refractivity contribution is -0.115. The second-order valence-electron chi connectivity index (χ2n) is 6.59. The molecule has 2 aliphatic heterocycles. The van der Waals surface area contributed by atoms with Crippen molar-refractivity contribution in [3.8, 4) is 11.5 Å². The number of nitrogens with zero attached hydrogens (tertiary/aromatic N) is 1. The van der Waals surface area contributed by atoms with Crippen LogP contribution in [0, 0.1) is 5.82 Å². The molecule has 2 aromatic rings. The van der Waals surface area contributed by atoms with E-state index in [0.29, 0.717) is 73.0 Å². The van der Waals surface area contributed by atoms with Crippen LogP contribution in [0.1, 0.15) is 5.56 Å². The lowest BCUT2D eigenvalue weighted by Crippen LogP contribution is -2.36. The summed E-state index contributed by atoms with van der Waals surface area (Å²) in [6.07, 6.45) is 0.0865. The first-order valence-electron chi connectivity index (χ1n) is 9.10. The molecule has 2 heterocycles. The molecule has 0 radical (unpaired) electrons. The highest BCUT2D eigenvalue weighted by Crippen LogP contribution is 2.38. The van der Waals surface area contributed by atoms with E-state index >= 15 is 0 Å². The van der Waals surface area contributed by atoms with E-state index in [2.05, 4.69) is 5.32 Å². The van der Waals surface area contributed by atoms with Crippen molar-refractivity contribution in [1.29, 1.82) is 0 Å². The lowest BCUT2D eigenvalue weighted by atomic mass is 10.1. The molecule has 2 aromatic carbocycles. The third kappa shape index (κ3) is 4.15. The van der Waals surface area contributed by atoms with Crippen LogP contribution in [0.15, 0.2) is 30.3 Å². The summed E-state index contributed by atoms with van der Waals surface area (Å²) in [5.41, 5.74) is 1.61. The quantitative estimate of drug-likeness (QED) is 0.844. The molecule has 4 rings (SSSR count). The van der Waals surface area contributed by atoms with Gasteiger partial charge in [0.15, 0.2) is 11.5 Å². The molecule has 0 bridgehead atoms. The maximum absolute atomic E-state index is 14.5. The third-order valence-corrected chi connectivity index (χ3v) is 4.89. The van der Waals surface area contributed by atoms with Crippen LogP contribution in [0.5, 0.6) is 11.5 Å². The molecule has 0 atom stereocenters. The van der Waals surface area contributed by atoms with Crippen molar-refractivity contribution in [2.75, 3.05) is 49.7 Å². The van der Waals surface area contributed by atoms with Crippen LogP contribution in [-0.2, 0) is 16.0 Å². The number of fused-ring (bicyclic) bond motifs is 1. The molecule has 28 heavy (non-hydrogen) atoms. The predicted octanol–water partition coefficient (Wildman–Crippen LogP) is 3.27. The Balaban J connectivity index is 1.42. The fourth-order valence-corrected chi connectivity index (χ4v) is 3.59. The van der Waals surface area contributed by atoms with Gasteiger partial charge in [0.05, 0.1) is 30.3 Å². The Bertz CT molecular complexity index is 887. The Morgan fingerprint density at radius 3 is 2.68 bits per heavy atom. The van der Waals surface area contributed by atoms with Crippen LogP contribution in [0.2, 0.25) is 5.02 Å². The number of morpholine rings is 1. The number of ether oxygens (including phenoxy) is 3. The van der Waals surface area contributed by atoms with Gasteiger partial charge in [0.2, 0.25) is 5.91 Å². The van der Waals surface area contributed by atoms with Crippen LogP contribution in [-0.4, -0.2) is 45.4 Å². The van der Waals surface area contributed by atoms with Gasteiger partial charge in [0, 0.05) is 18.8 Å². The fourth-order valence-electron chi connectivity index (χ4n) is 3.30. The number of benzene rings is 2. The number of amides is 1. The summed E-state index contributed by atoms with van der Waals surface area (Å²) < 4.78 is 30.8. The molecule has 6 nitrogen and oxygen atoms in total. The second-order valence-corrected chi connectivity index (χ2v) is 7.00. The van der Waals surface area contributed by atoms with Gasteiger partial charge in [0.25, 0.3) is 0 Å². The summed E-state index contributed by atoms with van der Waals surface area (Å²) in [5, 5.41) is 3.13. The van der Waals surface area contributed by atoms with Gasteiger partial charge < -0.3 is 24.4 Å². The molecule has 0 spiro atoms. The Hall–Kier alpha value is -2.51. The van der Waals surface area contributed by atoms with Gasteiger partial charge in [-0.05, 0) is 35.9 Å². The topological polar surface area (TPSA) is 60.0 Å². The Kier molecular flexibility index (Phi) is 5.54. The monoisotopic (exact) mass is 406 g/mol. The van der Waals surface area contributed by atoms with Crippen molar-refractivity contribution in [1.82, 2.24) is 0 Å². The molecule has 0 unspecified atom stereocenters. The molecule has 1 saturated heterocycles. The molecule has 8 heteroatoms. The zero-order valence-corrected chi connectivity index (χ0v) is 15.9. The second kappa shape index (κ2) is 8.24. The molecule has 1 amide bonds. The van der Waals surface area contributed by atoms with E-state index in [0.717, 1.165) is 0 Å². The average Bonchev–Trinajstić information content (AvgIpc) is 2.69. The zero-order valence-electron chi connectivity index (χ0n) is 15.2. The minimum atomic E-state index is -0.373. The Labute approximate surface area is 167 Å². The number of carbonyl (C=O) groups excluding carboxylic acids is 1. The van der Waals surface area contributed by atoms with Crippen LogP contribution in [0.25, 0.3) is 0 Å². The molecular formula is C20H20ClFN2O4. The van der Waals surface area contributed by atoms with Gasteiger partial charge in [-0.3, -0.25) is 4.79 Å². The van der Waals surface area contributed by atoms with Crippen molar-refractivity contribution in [3.63, 3.8) is 0 Å². The normalized spacial score (nSPS) is 16.0. The summed E-state index contributed by atoms with van der Waals surface area (Å²) in [4.78, 5) is 14.3. The van der Waals surface area contributed by atoms with Gasteiger partial charge in [-0.15, -0.1) is 0 Å². The van der Waals surface area contributed by atoms with E-state index in [4.69, 9.17) is 25.8 Å². The van der Waals surface area contributed by atoms with E-state index in [-0.39, 0.29) is 18.1 Å².